The molecule has 0 bridgehead atoms. The van der Waals surface area contributed by atoms with Gasteiger partial charge in [-0.15, -0.1) is 0 Å². The Morgan fingerprint density at radius 2 is 2.11 bits per heavy atom. The Hall–Kier alpha value is -0.120. The Balaban J connectivity index is 1.87. The predicted octanol–water partition coefficient (Wildman–Crippen LogP) is 2.51. The maximum absolute atomic E-state index is 5.73. The molecule has 0 aliphatic carbocycles. The second kappa shape index (κ2) is 7.61. The van der Waals surface area contributed by atoms with E-state index in [-0.39, 0.29) is 0 Å². The number of likely N-dealkylation sites (tertiary alicyclic amines) is 1. The summed E-state index contributed by atoms with van der Waals surface area (Å²) >= 11 is 0. The normalized spacial score (nSPS) is 37.4. The van der Waals surface area contributed by atoms with E-state index in [1.807, 2.05) is 0 Å². The van der Waals surface area contributed by atoms with Crippen LogP contribution in [0.1, 0.15) is 46.5 Å². The van der Waals surface area contributed by atoms with Crippen LogP contribution < -0.4 is 5.32 Å². The lowest BCUT2D eigenvalue weighted by molar-refractivity contribution is 0.0000390. The largest absolute Gasteiger partial charge is 0.381 e. The van der Waals surface area contributed by atoms with Crippen molar-refractivity contribution in [1.29, 1.82) is 0 Å². The van der Waals surface area contributed by atoms with Gasteiger partial charge in [0.1, 0.15) is 0 Å². The van der Waals surface area contributed by atoms with E-state index >= 15 is 0 Å². The first-order valence-electron chi connectivity index (χ1n) is 8.27. The molecule has 19 heavy (non-hydrogen) atoms. The summed E-state index contributed by atoms with van der Waals surface area (Å²) in [5.41, 5.74) is 0. The SMILES string of the molecule is CCCNC1CCOCC1CN1CCCC(C)C1C. The number of ether oxygens (including phenoxy) is 1. The fraction of sp³-hybridized carbons (Fsp3) is 1.00. The van der Waals surface area contributed by atoms with Gasteiger partial charge in [-0.1, -0.05) is 13.8 Å². The third-order valence-corrected chi connectivity index (χ3v) is 5.10. The van der Waals surface area contributed by atoms with E-state index in [1.165, 1.54) is 38.8 Å². The van der Waals surface area contributed by atoms with Crippen molar-refractivity contribution in [2.24, 2.45) is 11.8 Å². The zero-order valence-electron chi connectivity index (χ0n) is 13.0. The average Bonchev–Trinajstić information content (AvgIpc) is 2.43. The Morgan fingerprint density at radius 3 is 2.89 bits per heavy atom. The maximum Gasteiger partial charge on any atom is 0.0521 e. The molecule has 2 heterocycles. The van der Waals surface area contributed by atoms with Gasteiger partial charge in [0, 0.05) is 31.2 Å². The van der Waals surface area contributed by atoms with Crippen LogP contribution in [0.15, 0.2) is 0 Å². The van der Waals surface area contributed by atoms with Crippen molar-refractivity contribution in [3.05, 3.63) is 0 Å². The lowest BCUT2D eigenvalue weighted by Crippen LogP contribution is -2.51. The number of rotatable bonds is 5. The van der Waals surface area contributed by atoms with Crippen molar-refractivity contribution in [3.8, 4) is 0 Å². The monoisotopic (exact) mass is 268 g/mol. The van der Waals surface area contributed by atoms with Crippen LogP contribution in [0.3, 0.4) is 0 Å². The summed E-state index contributed by atoms with van der Waals surface area (Å²) < 4.78 is 5.73. The molecule has 2 rings (SSSR count). The Morgan fingerprint density at radius 1 is 1.26 bits per heavy atom. The highest BCUT2D eigenvalue weighted by Crippen LogP contribution is 2.25. The van der Waals surface area contributed by atoms with Crippen LogP contribution in [0.4, 0.5) is 0 Å². The minimum Gasteiger partial charge on any atom is -0.381 e. The predicted molar refractivity (Wildman–Crippen MR) is 80.4 cm³/mol. The Bertz CT molecular complexity index is 259. The summed E-state index contributed by atoms with van der Waals surface area (Å²) in [6.45, 7) is 12.6. The van der Waals surface area contributed by atoms with Gasteiger partial charge in [-0.05, 0) is 51.6 Å². The van der Waals surface area contributed by atoms with Gasteiger partial charge in [-0.3, -0.25) is 4.90 Å². The standard InChI is InChI=1S/C16H32N2O/c1-4-8-17-16-7-10-19-12-15(16)11-18-9-5-6-13(2)14(18)3/h13-17H,4-12H2,1-3H3. The second-order valence-corrected chi connectivity index (χ2v) is 6.54. The molecule has 0 saturated carbocycles. The molecule has 3 nitrogen and oxygen atoms in total. The first-order valence-corrected chi connectivity index (χ1v) is 8.27. The number of hydrogen-bond donors (Lipinski definition) is 1. The van der Waals surface area contributed by atoms with Crippen LogP contribution in [0.25, 0.3) is 0 Å². The van der Waals surface area contributed by atoms with Crippen molar-refractivity contribution in [2.45, 2.75) is 58.5 Å². The molecule has 0 amide bonds. The molecule has 1 N–H and O–H groups in total. The van der Waals surface area contributed by atoms with Gasteiger partial charge < -0.3 is 10.1 Å². The lowest BCUT2D eigenvalue weighted by Gasteiger charge is -2.42. The topological polar surface area (TPSA) is 24.5 Å². The van der Waals surface area contributed by atoms with Crippen molar-refractivity contribution >= 4 is 0 Å². The minimum atomic E-state index is 0.665. The smallest absolute Gasteiger partial charge is 0.0521 e. The molecule has 0 aromatic rings. The number of hydrogen-bond acceptors (Lipinski definition) is 3. The molecular weight excluding hydrogens is 236 g/mol. The molecule has 112 valence electrons. The van der Waals surface area contributed by atoms with Crippen LogP contribution >= 0.6 is 0 Å². The molecule has 2 fully saturated rings. The molecule has 2 saturated heterocycles. The highest BCUT2D eigenvalue weighted by Gasteiger charge is 2.31. The number of nitrogens with one attached hydrogen (secondary N) is 1. The maximum atomic E-state index is 5.73. The van der Waals surface area contributed by atoms with E-state index in [1.54, 1.807) is 0 Å². The first kappa shape index (κ1) is 15.3. The van der Waals surface area contributed by atoms with Crippen LogP contribution in [0.5, 0.6) is 0 Å². The lowest BCUT2D eigenvalue weighted by atomic mass is 9.89. The van der Waals surface area contributed by atoms with Gasteiger partial charge in [0.25, 0.3) is 0 Å². The van der Waals surface area contributed by atoms with E-state index in [9.17, 15) is 0 Å². The van der Waals surface area contributed by atoms with Crippen molar-refractivity contribution in [2.75, 3.05) is 32.8 Å². The summed E-state index contributed by atoms with van der Waals surface area (Å²) in [6.07, 6.45) is 5.17. The fourth-order valence-corrected chi connectivity index (χ4v) is 3.56. The molecule has 3 heteroatoms. The summed E-state index contributed by atoms with van der Waals surface area (Å²) in [5.74, 6) is 1.52. The van der Waals surface area contributed by atoms with E-state index in [0.29, 0.717) is 12.0 Å². The highest BCUT2D eigenvalue weighted by molar-refractivity contribution is 4.86. The fourth-order valence-electron chi connectivity index (χ4n) is 3.56. The van der Waals surface area contributed by atoms with E-state index in [2.05, 4.69) is 31.0 Å². The minimum absolute atomic E-state index is 0.665. The number of piperidine rings is 1. The molecule has 0 spiro atoms. The van der Waals surface area contributed by atoms with Crippen LogP contribution in [0.2, 0.25) is 0 Å². The van der Waals surface area contributed by atoms with Crippen molar-refractivity contribution < 1.29 is 4.74 Å². The molecule has 4 atom stereocenters. The molecular formula is C16H32N2O. The van der Waals surface area contributed by atoms with Crippen LogP contribution in [0, 0.1) is 11.8 Å². The van der Waals surface area contributed by atoms with Gasteiger partial charge in [-0.25, -0.2) is 0 Å². The van der Waals surface area contributed by atoms with Crippen LogP contribution in [-0.2, 0) is 4.74 Å². The third kappa shape index (κ3) is 4.17. The molecule has 4 unspecified atom stereocenters. The summed E-state index contributed by atoms with van der Waals surface area (Å²) in [7, 11) is 0. The van der Waals surface area contributed by atoms with Crippen molar-refractivity contribution in [3.63, 3.8) is 0 Å². The first-order chi connectivity index (χ1) is 9.22. The van der Waals surface area contributed by atoms with Gasteiger partial charge in [0.2, 0.25) is 0 Å². The molecule has 0 aromatic carbocycles. The van der Waals surface area contributed by atoms with Crippen LogP contribution in [-0.4, -0.2) is 49.8 Å². The third-order valence-electron chi connectivity index (χ3n) is 5.10. The zero-order valence-corrected chi connectivity index (χ0v) is 13.0. The molecule has 0 radical (unpaired) electrons. The summed E-state index contributed by atoms with van der Waals surface area (Å²) in [6, 6.07) is 1.40. The van der Waals surface area contributed by atoms with Gasteiger partial charge in [0.15, 0.2) is 0 Å². The van der Waals surface area contributed by atoms with Gasteiger partial charge in [-0.2, -0.15) is 0 Å². The summed E-state index contributed by atoms with van der Waals surface area (Å²) in [5, 5.41) is 3.73. The quantitative estimate of drug-likeness (QED) is 0.829. The second-order valence-electron chi connectivity index (χ2n) is 6.54. The van der Waals surface area contributed by atoms with E-state index in [0.717, 1.165) is 31.7 Å². The molecule has 2 aliphatic heterocycles. The van der Waals surface area contributed by atoms with Crippen molar-refractivity contribution in [1.82, 2.24) is 10.2 Å². The van der Waals surface area contributed by atoms with E-state index < -0.39 is 0 Å². The Kier molecular flexibility index (Phi) is 6.11. The zero-order chi connectivity index (χ0) is 13.7. The van der Waals surface area contributed by atoms with Gasteiger partial charge in [0.05, 0.1) is 6.61 Å². The number of nitrogens with zero attached hydrogens (tertiary/aromatic N) is 1. The van der Waals surface area contributed by atoms with E-state index in [4.69, 9.17) is 4.74 Å². The highest BCUT2D eigenvalue weighted by atomic mass is 16.5. The Labute approximate surface area is 119 Å². The average molecular weight is 268 g/mol. The van der Waals surface area contributed by atoms with Gasteiger partial charge >= 0.3 is 0 Å². The molecule has 0 aromatic heterocycles. The molecule has 2 aliphatic rings. The summed E-state index contributed by atoms with van der Waals surface area (Å²) in [4.78, 5) is 2.70.